The second kappa shape index (κ2) is 9.65. The first-order valence-electron chi connectivity index (χ1n) is 11.0. The number of aromatic nitrogens is 4. The molecule has 2 N–H and O–H groups in total. The average Bonchev–Trinajstić information content (AvgIpc) is 2.76. The highest BCUT2D eigenvalue weighted by Gasteiger charge is 2.26. The summed E-state index contributed by atoms with van der Waals surface area (Å²) in [5.41, 5.74) is 1.20. The molecule has 2 heterocycles. The maximum Gasteiger partial charge on any atom is 0.332 e. The van der Waals surface area contributed by atoms with Gasteiger partial charge in [-0.15, -0.1) is 0 Å². The molecule has 1 unspecified atom stereocenters. The summed E-state index contributed by atoms with van der Waals surface area (Å²) in [7, 11) is 2.91. The van der Waals surface area contributed by atoms with Gasteiger partial charge in [0.15, 0.2) is 5.65 Å². The van der Waals surface area contributed by atoms with Crippen LogP contribution < -0.4 is 21.9 Å². The number of fused-ring (bicyclic) bond motifs is 1. The van der Waals surface area contributed by atoms with Gasteiger partial charge in [-0.1, -0.05) is 50.2 Å². The maximum atomic E-state index is 13.0. The molecule has 0 fully saturated rings. The van der Waals surface area contributed by atoms with Crippen molar-refractivity contribution in [2.24, 2.45) is 14.1 Å². The topological polar surface area (TPSA) is 128 Å². The zero-order valence-corrected chi connectivity index (χ0v) is 22.0. The van der Waals surface area contributed by atoms with Crippen LogP contribution in [0.2, 0.25) is 0 Å². The first-order chi connectivity index (χ1) is 16.2. The monoisotopic (exact) mass is 498 g/mol. The molecule has 10 nitrogen and oxygen atoms in total. The lowest BCUT2D eigenvalue weighted by Gasteiger charge is -2.20. The maximum absolute atomic E-state index is 13.0. The van der Waals surface area contributed by atoms with Crippen LogP contribution in [-0.4, -0.2) is 36.3 Å². The number of amides is 3. The molecule has 0 spiro atoms. The highest BCUT2D eigenvalue weighted by molar-refractivity contribution is 8.00. The fraction of sp³-hybridized carbons (Fsp3) is 0.417. The summed E-state index contributed by atoms with van der Waals surface area (Å²) in [6.45, 7) is 11.2. The molecule has 0 saturated heterocycles. The molecule has 11 heteroatoms. The van der Waals surface area contributed by atoms with Crippen LogP contribution in [0.5, 0.6) is 0 Å². The van der Waals surface area contributed by atoms with Crippen molar-refractivity contribution < 1.29 is 9.59 Å². The fourth-order valence-corrected chi connectivity index (χ4v) is 4.33. The molecule has 3 rings (SSSR count). The van der Waals surface area contributed by atoms with Crippen molar-refractivity contribution in [3.8, 4) is 0 Å². The lowest BCUT2D eigenvalue weighted by molar-refractivity contribution is -0.119. The summed E-state index contributed by atoms with van der Waals surface area (Å²) < 4.78 is 2.27. The van der Waals surface area contributed by atoms with E-state index in [0.29, 0.717) is 11.5 Å². The summed E-state index contributed by atoms with van der Waals surface area (Å²) >= 11 is 1.03. The molecule has 186 valence electrons. The van der Waals surface area contributed by atoms with Gasteiger partial charge in [0.1, 0.15) is 16.2 Å². The Morgan fingerprint density at radius 2 is 1.71 bits per heavy atom. The van der Waals surface area contributed by atoms with Crippen LogP contribution in [0.4, 0.5) is 10.5 Å². The smallest absolute Gasteiger partial charge is 0.307 e. The first kappa shape index (κ1) is 26.1. The Hall–Kier alpha value is -3.47. The standard InChI is InChI=1S/C24H30N6O4S/c1-12-9-10-15(13(2)11-12)25-22(33)27-18(31)14(3)35-19-16-17(26-21(28-19)24(4,5)6)29(7)23(34)30(8)20(16)32/h9-11,14H,1-8H3,(H2,25,27,31,33). The Bertz CT molecular complexity index is 1450. The van der Waals surface area contributed by atoms with E-state index >= 15 is 0 Å². The van der Waals surface area contributed by atoms with Gasteiger partial charge in [-0.3, -0.25) is 24.0 Å². The molecular formula is C24H30N6O4S. The van der Waals surface area contributed by atoms with E-state index in [0.717, 1.165) is 27.5 Å². The lowest BCUT2D eigenvalue weighted by Crippen LogP contribution is -2.39. The van der Waals surface area contributed by atoms with E-state index in [1.54, 1.807) is 13.0 Å². The molecule has 0 aliphatic rings. The second-order valence-electron chi connectivity index (χ2n) is 9.53. The quantitative estimate of drug-likeness (QED) is 0.418. The van der Waals surface area contributed by atoms with Crippen LogP contribution in [0.3, 0.4) is 0 Å². The van der Waals surface area contributed by atoms with Crippen LogP contribution in [-0.2, 0) is 24.3 Å². The number of thioether (sulfide) groups is 1. The summed E-state index contributed by atoms with van der Waals surface area (Å²) in [5.74, 6) is -0.126. The van der Waals surface area contributed by atoms with Crippen LogP contribution in [0.15, 0.2) is 32.8 Å². The number of nitrogens with one attached hydrogen (secondary N) is 2. The van der Waals surface area contributed by atoms with E-state index in [2.05, 4.69) is 20.6 Å². The molecule has 0 aliphatic carbocycles. The number of carbonyl (C=O) groups is 2. The third-order valence-corrected chi connectivity index (χ3v) is 6.55. The predicted molar refractivity (Wildman–Crippen MR) is 137 cm³/mol. The van der Waals surface area contributed by atoms with Crippen molar-refractivity contribution in [2.45, 2.75) is 57.2 Å². The molecule has 3 amide bonds. The summed E-state index contributed by atoms with van der Waals surface area (Å²) in [5, 5.41) is 4.66. The Morgan fingerprint density at radius 3 is 2.31 bits per heavy atom. The number of carbonyl (C=O) groups excluding carboxylic acids is 2. The average molecular weight is 499 g/mol. The number of hydrogen-bond acceptors (Lipinski definition) is 7. The summed E-state index contributed by atoms with van der Waals surface area (Å²) in [6.07, 6.45) is 0. The molecule has 1 atom stereocenters. The molecule has 0 radical (unpaired) electrons. The van der Waals surface area contributed by atoms with Gasteiger partial charge in [0.25, 0.3) is 5.56 Å². The molecule has 3 aromatic rings. The number of rotatable bonds is 4. The number of hydrogen-bond donors (Lipinski definition) is 2. The van der Waals surface area contributed by atoms with Gasteiger partial charge in [-0.2, -0.15) is 0 Å². The van der Waals surface area contributed by atoms with Crippen molar-refractivity contribution in [1.29, 1.82) is 0 Å². The third kappa shape index (κ3) is 5.45. The number of anilines is 1. The van der Waals surface area contributed by atoms with E-state index in [1.807, 2.05) is 46.8 Å². The molecule has 0 aliphatic heterocycles. The van der Waals surface area contributed by atoms with Gasteiger partial charge in [-0.05, 0) is 32.4 Å². The highest BCUT2D eigenvalue weighted by Crippen LogP contribution is 2.29. The molecule has 0 saturated carbocycles. The summed E-state index contributed by atoms with van der Waals surface area (Å²) in [6, 6.07) is 4.91. The number of imide groups is 1. The van der Waals surface area contributed by atoms with Crippen molar-refractivity contribution in [1.82, 2.24) is 24.4 Å². The lowest BCUT2D eigenvalue weighted by atomic mass is 9.96. The Balaban J connectivity index is 1.92. The minimum absolute atomic E-state index is 0.145. The van der Waals surface area contributed by atoms with E-state index in [-0.39, 0.29) is 16.1 Å². The summed E-state index contributed by atoms with van der Waals surface area (Å²) in [4.78, 5) is 59.7. The minimum atomic E-state index is -0.771. The molecule has 1 aromatic carbocycles. The van der Waals surface area contributed by atoms with Crippen molar-refractivity contribution in [2.75, 3.05) is 5.32 Å². The van der Waals surface area contributed by atoms with Gasteiger partial charge >= 0.3 is 11.7 Å². The predicted octanol–water partition coefficient (Wildman–Crippen LogP) is 2.77. The van der Waals surface area contributed by atoms with Gasteiger partial charge in [0.05, 0.1) is 5.25 Å². The molecule has 2 aromatic heterocycles. The number of nitrogens with zero attached hydrogens (tertiary/aromatic N) is 4. The second-order valence-corrected chi connectivity index (χ2v) is 10.9. The van der Waals surface area contributed by atoms with E-state index in [9.17, 15) is 19.2 Å². The SMILES string of the molecule is Cc1ccc(NC(=O)NC(=O)C(C)Sc2nc(C(C)(C)C)nc3c2c(=O)n(C)c(=O)n3C)c(C)c1. The van der Waals surface area contributed by atoms with Crippen molar-refractivity contribution in [3.63, 3.8) is 0 Å². The highest BCUT2D eigenvalue weighted by atomic mass is 32.2. The van der Waals surface area contributed by atoms with Gasteiger partial charge < -0.3 is 5.32 Å². The van der Waals surface area contributed by atoms with E-state index in [1.165, 1.54) is 18.7 Å². The normalized spacial score (nSPS) is 12.5. The molecule has 35 heavy (non-hydrogen) atoms. The van der Waals surface area contributed by atoms with Crippen LogP contribution in [0.1, 0.15) is 44.6 Å². The van der Waals surface area contributed by atoms with Crippen LogP contribution in [0.25, 0.3) is 11.0 Å². The minimum Gasteiger partial charge on any atom is -0.307 e. The van der Waals surface area contributed by atoms with Crippen molar-refractivity contribution >= 4 is 40.4 Å². The number of benzene rings is 1. The van der Waals surface area contributed by atoms with Gasteiger partial charge in [0, 0.05) is 25.2 Å². The molecule has 0 bridgehead atoms. The van der Waals surface area contributed by atoms with Crippen LogP contribution in [0, 0.1) is 13.8 Å². The number of aryl methyl sites for hydroxylation is 3. The third-order valence-electron chi connectivity index (χ3n) is 5.46. The van der Waals surface area contributed by atoms with Gasteiger partial charge in [-0.25, -0.2) is 19.6 Å². The first-order valence-corrected chi connectivity index (χ1v) is 11.9. The van der Waals surface area contributed by atoms with Crippen LogP contribution >= 0.6 is 11.8 Å². The Labute approximate surface area is 207 Å². The zero-order valence-electron chi connectivity index (χ0n) is 21.1. The van der Waals surface area contributed by atoms with Gasteiger partial charge in [0.2, 0.25) is 5.91 Å². The number of urea groups is 1. The van der Waals surface area contributed by atoms with E-state index < -0.39 is 33.9 Å². The zero-order chi connectivity index (χ0) is 26.2. The largest absolute Gasteiger partial charge is 0.332 e. The Morgan fingerprint density at radius 1 is 1.06 bits per heavy atom. The Kier molecular flexibility index (Phi) is 7.21. The fourth-order valence-electron chi connectivity index (χ4n) is 3.39. The van der Waals surface area contributed by atoms with Crippen molar-refractivity contribution in [3.05, 3.63) is 56.0 Å². The molecular weight excluding hydrogens is 468 g/mol. The van der Waals surface area contributed by atoms with E-state index in [4.69, 9.17) is 0 Å².